The quantitative estimate of drug-likeness (QED) is 0.841. The highest BCUT2D eigenvalue weighted by molar-refractivity contribution is 5.76. The Bertz CT molecular complexity index is 395. The Kier molecular flexibility index (Phi) is 4.57. The molecule has 0 aromatic carbocycles. The summed E-state index contributed by atoms with van der Waals surface area (Å²) in [5, 5.41) is 9.02. The topological polar surface area (TPSA) is 72.3 Å². The molecule has 1 atom stereocenters. The zero-order valence-electron chi connectivity index (χ0n) is 10.6. The molecule has 0 amide bonds. The largest absolute Gasteiger partial charge is 0.481 e. The van der Waals surface area contributed by atoms with Crippen LogP contribution in [0.25, 0.3) is 0 Å². The van der Waals surface area contributed by atoms with Crippen molar-refractivity contribution in [2.75, 3.05) is 13.7 Å². The molecule has 1 aromatic heterocycles. The molecule has 1 N–H and O–H groups in total. The zero-order valence-corrected chi connectivity index (χ0v) is 10.6. The molecule has 94 valence electrons. The van der Waals surface area contributed by atoms with E-state index in [-0.39, 0.29) is 0 Å². The minimum Gasteiger partial charge on any atom is -0.481 e. The molecule has 0 radical (unpaired) electrons. The first-order valence-electron chi connectivity index (χ1n) is 5.53. The Morgan fingerprint density at radius 3 is 2.29 bits per heavy atom. The number of nitrogens with zero attached hydrogens (tertiary/aromatic N) is 2. The third kappa shape index (κ3) is 3.23. The van der Waals surface area contributed by atoms with Crippen molar-refractivity contribution in [2.45, 2.75) is 33.1 Å². The van der Waals surface area contributed by atoms with Crippen molar-refractivity contribution in [3.05, 3.63) is 22.8 Å². The Morgan fingerprint density at radius 2 is 1.88 bits per heavy atom. The third-order valence-corrected chi connectivity index (χ3v) is 2.71. The fourth-order valence-corrected chi connectivity index (χ4v) is 1.85. The second-order valence-electron chi connectivity index (χ2n) is 4.03. The van der Waals surface area contributed by atoms with Gasteiger partial charge >= 0.3 is 5.97 Å². The van der Waals surface area contributed by atoms with Crippen LogP contribution in [0.5, 0.6) is 0 Å². The van der Waals surface area contributed by atoms with E-state index in [1.165, 1.54) is 0 Å². The number of methoxy groups -OCH3 is 1. The summed E-state index contributed by atoms with van der Waals surface area (Å²) in [5.41, 5.74) is 2.18. The number of aromatic nitrogens is 2. The number of carbonyl (C=O) groups is 1. The zero-order chi connectivity index (χ0) is 13.0. The van der Waals surface area contributed by atoms with Crippen LogP contribution < -0.4 is 0 Å². The van der Waals surface area contributed by atoms with Crippen molar-refractivity contribution in [1.29, 1.82) is 0 Å². The Morgan fingerprint density at radius 1 is 1.35 bits per heavy atom. The van der Waals surface area contributed by atoms with E-state index in [9.17, 15) is 4.79 Å². The first kappa shape index (κ1) is 13.6. The molecule has 0 aliphatic rings. The molecule has 0 fully saturated rings. The monoisotopic (exact) mass is 238 g/mol. The summed E-state index contributed by atoms with van der Waals surface area (Å²) in [4.78, 5) is 19.6. The summed E-state index contributed by atoms with van der Waals surface area (Å²) in [6.07, 6.45) is 0.639. The summed E-state index contributed by atoms with van der Waals surface area (Å²) in [7, 11) is 1.63. The Hall–Kier alpha value is -1.49. The van der Waals surface area contributed by atoms with E-state index in [4.69, 9.17) is 9.84 Å². The summed E-state index contributed by atoms with van der Waals surface area (Å²) in [5.74, 6) is -0.737. The van der Waals surface area contributed by atoms with Gasteiger partial charge in [0.25, 0.3) is 0 Å². The first-order valence-corrected chi connectivity index (χ1v) is 5.53. The van der Waals surface area contributed by atoms with Crippen LogP contribution in [0.2, 0.25) is 0 Å². The summed E-state index contributed by atoms with van der Waals surface area (Å²) in [6, 6.07) is 0. The van der Waals surface area contributed by atoms with Gasteiger partial charge in [-0.05, 0) is 20.8 Å². The molecule has 5 heteroatoms. The van der Waals surface area contributed by atoms with Gasteiger partial charge in [-0.3, -0.25) is 4.79 Å². The molecule has 5 nitrogen and oxygen atoms in total. The van der Waals surface area contributed by atoms with Gasteiger partial charge in [0.05, 0.1) is 12.5 Å². The van der Waals surface area contributed by atoms with Gasteiger partial charge in [0.15, 0.2) is 0 Å². The number of carboxylic acids is 1. The van der Waals surface area contributed by atoms with Crippen LogP contribution in [-0.2, 0) is 16.0 Å². The maximum atomic E-state index is 11.0. The highest BCUT2D eigenvalue weighted by Gasteiger charge is 2.20. The normalized spacial score (nSPS) is 12.5. The average Bonchev–Trinajstić information content (AvgIpc) is 2.25. The molecule has 0 saturated carbocycles. The molecule has 1 rings (SSSR count). The van der Waals surface area contributed by atoms with Gasteiger partial charge in [-0.25, -0.2) is 9.97 Å². The van der Waals surface area contributed by atoms with Gasteiger partial charge in [0, 0.05) is 30.5 Å². The van der Waals surface area contributed by atoms with Crippen LogP contribution in [-0.4, -0.2) is 34.8 Å². The molecule has 1 unspecified atom stereocenters. The standard InChI is InChI=1S/C12H18N2O3/c1-7(12(15)16)11-8(2)13-10(5-6-17-4)14-9(11)3/h7H,5-6H2,1-4H3,(H,15,16). The number of hydrogen-bond donors (Lipinski definition) is 1. The fourth-order valence-electron chi connectivity index (χ4n) is 1.85. The van der Waals surface area contributed by atoms with Crippen molar-refractivity contribution < 1.29 is 14.6 Å². The number of ether oxygens (including phenoxy) is 1. The molecule has 0 aliphatic heterocycles. The number of carboxylic acid groups (broad SMARTS) is 1. The smallest absolute Gasteiger partial charge is 0.310 e. The molecule has 0 spiro atoms. The first-order chi connectivity index (χ1) is 7.97. The van der Waals surface area contributed by atoms with Crippen LogP contribution in [0, 0.1) is 13.8 Å². The van der Waals surface area contributed by atoms with E-state index in [1.807, 2.05) is 13.8 Å². The van der Waals surface area contributed by atoms with E-state index in [1.54, 1.807) is 14.0 Å². The van der Waals surface area contributed by atoms with E-state index < -0.39 is 11.9 Å². The van der Waals surface area contributed by atoms with Crippen LogP contribution in [0.1, 0.15) is 35.6 Å². The summed E-state index contributed by atoms with van der Waals surface area (Å²) < 4.78 is 4.97. The predicted molar refractivity (Wildman–Crippen MR) is 63.1 cm³/mol. The van der Waals surface area contributed by atoms with Crippen molar-refractivity contribution in [1.82, 2.24) is 9.97 Å². The van der Waals surface area contributed by atoms with E-state index in [0.29, 0.717) is 24.4 Å². The van der Waals surface area contributed by atoms with Gasteiger partial charge in [-0.15, -0.1) is 0 Å². The maximum Gasteiger partial charge on any atom is 0.310 e. The minimum atomic E-state index is -0.857. The van der Waals surface area contributed by atoms with E-state index in [0.717, 1.165) is 11.4 Å². The van der Waals surface area contributed by atoms with Crippen molar-refractivity contribution >= 4 is 5.97 Å². The lowest BCUT2D eigenvalue weighted by Gasteiger charge is -2.13. The third-order valence-electron chi connectivity index (χ3n) is 2.71. The molecule has 0 saturated heterocycles. The van der Waals surface area contributed by atoms with Gasteiger partial charge in [0.1, 0.15) is 5.82 Å². The lowest BCUT2D eigenvalue weighted by molar-refractivity contribution is -0.138. The molecule has 0 bridgehead atoms. The number of aliphatic carboxylic acids is 1. The van der Waals surface area contributed by atoms with Gasteiger partial charge in [-0.1, -0.05) is 0 Å². The van der Waals surface area contributed by atoms with Gasteiger partial charge < -0.3 is 9.84 Å². The highest BCUT2D eigenvalue weighted by Crippen LogP contribution is 2.21. The molecular weight excluding hydrogens is 220 g/mol. The lowest BCUT2D eigenvalue weighted by atomic mass is 9.98. The van der Waals surface area contributed by atoms with Crippen LogP contribution in [0.15, 0.2) is 0 Å². The second kappa shape index (κ2) is 5.72. The van der Waals surface area contributed by atoms with E-state index in [2.05, 4.69) is 9.97 Å². The Labute approximate surface area is 101 Å². The summed E-state index contributed by atoms with van der Waals surface area (Å²) >= 11 is 0. The molecule has 1 heterocycles. The predicted octanol–water partition coefficient (Wildman–Crippen LogP) is 1.47. The van der Waals surface area contributed by atoms with Crippen molar-refractivity contribution in [3.63, 3.8) is 0 Å². The lowest BCUT2D eigenvalue weighted by Crippen LogP contribution is -2.15. The van der Waals surface area contributed by atoms with Gasteiger partial charge in [-0.2, -0.15) is 0 Å². The number of hydrogen-bond acceptors (Lipinski definition) is 4. The number of aryl methyl sites for hydroxylation is 2. The average molecular weight is 238 g/mol. The molecule has 0 aliphatic carbocycles. The van der Waals surface area contributed by atoms with Crippen LogP contribution in [0.3, 0.4) is 0 Å². The van der Waals surface area contributed by atoms with Crippen LogP contribution in [0.4, 0.5) is 0 Å². The fraction of sp³-hybridized carbons (Fsp3) is 0.583. The summed E-state index contributed by atoms with van der Waals surface area (Å²) in [6.45, 7) is 5.85. The molecule has 1 aromatic rings. The molecular formula is C12H18N2O3. The van der Waals surface area contributed by atoms with Gasteiger partial charge in [0.2, 0.25) is 0 Å². The minimum absolute atomic E-state index is 0.562. The van der Waals surface area contributed by atoms with Crippen molar-refractivity contribution in [3.8, 4) is 0 Å². The SMILES string of the molecule is COCCc1nc(C)c(C(C)C(=O)O)c(C)n1. The van der Waals surface area contributed by atoms with Crippen LogP contribution >= 0.6 is 0 Å². The second-order valence-corrected chi connectivity index (χ2v) is 4.03. The highest BCUT2D eigenvalue weighted by atomic mass is 16.5. The Balaban J connectivity index is 3.06. The van der Waals surface area contributed by atoms with E-state index >= 15 is 0 Å². The van der Waals surface area contributed by atoms with Crippen molar-refractivity contribution in [2.24, 2.45) is 0 Å². The molecule has 17 heavy (non-hydrogen) atoms. The number of rotatable bonds is 5. The maximum absolute atomic E-state index is 11.0.